The van der Waals surface area contributed by atoms with Gasteiger partial charge in [0.05, 0.1) is 12.7 Å². The fraction of sp³-hybridized carbons (Fsp3) is 0.867. The summed E-state index contributed by atoms with van der Waals surface area (Å²) in [6, 6.07) is 2.29. The van der Waals surface area contributed by atoms with Crippen molar-refractivity contribution in [3.05, 3.63) is 0 Å². The van der Waals surface area contributed by atoms with Crippen molar-refractivity contribution in [3.8, 4) is 6.07 Å². The molecular formula is C15H27NO2. The van der Waals surface area contributed by atoms with E-state index >= 15 is 0 Å². The lowest BCUT2D eigenvalue weighted by molar-refractivity contribution is -0.158. The number of esters is 1. The lowest BCUT2D eigenvalue weighted by atomic mass is 9.66. The molecule has 0 fully saturated rings. The van der Waals surface area contributed by atoms with Crippen molar-refractivity contribution in [2.24, 2.45) is 17.3 Å². The number of ether oxygens (including phenoxy) is 1. The number of hydrogen-bond acceptors (Lipinski definition) is 3. The van der Waals surface area contributed by atoms with Gasteiger partial charge in [-0.3, -0.25) is 4.79 Å². The Kier molecular flexibility index (Phi) is 7.66. The summed E-state index contributed by atoms with van der Waals surface area (Å²) < 4.78 is 5.17. The van der Waals surface area contributed by atoms with Crippen LogP contribution in [0, 0.1) is 28.6 Å². The van der Waals surface area contributed by atoms with Gasteiger partial charge in [0.2, 0.25) is 0 Å². The van der Waals surface area contributed by atoms with Crippen molar-refractivity contribution >= 4 is 5.97 Å². The fourth-order valence-electron chi connectivity index (χ4n) is 2.73. The van der Waals surface area contributed by atoms with Crippen molar-refractivity contribution in [2.45, 2.75) is 60.3 Å². The molecule has 0 aliphatic heterocycles. The maximum atomic E-state index is 12.3. The lowest BCUT2D eigenvalue weighted by Gasteiger charge is -2.35. The number of rotatable bonds is 8. The average Bonchev–Trinajstić information content (AvgIpc) is 2.31. The first-order chi connectivity index (χ1) is 8.50. The number of nitriles is 1. The fourth-order valence-corrected chi connectivity index (χ4v) is 2.73. The van der Waals surface area contributed by atoms with Crippen LogP contribution < -0.4 is 0 Å². The minimum atomic E-state index is -0.984. The quantitative estimate of drug-likeness (QED) is 0.616. The van der Waals surface area contributed by atoms with Crippen LogP contribution >= 0.6 is 0 Å². The third kappa shape index (κ3) is 3.48. The Morgan fingerprint density at radius 2 is 1.61 bits per heavy atom. The number of carbonyl (C=O) groups excluding carboxylic acids is 1. The molecule has 0 amide bonds. The van der Waals surface area contributed by atoms with E-state index in [-0.39, 0.29) is 17.8 Å². The van der Waals surface area contributed by atoms with E-state index in [0.717, 1.165) is 25.7 Å². The van der Waals surface area contributed by atoms with Gasteiger partial charge in [0.15, 0.2) is 5.41 Å². The highest BCUT2D eigenvalue weighted by molar-refractivity contribution is 5.80. The largest absolute Gasteiger partial charge is 0.465 e. The first kappa shape index (κ1) is 17.0. The Hall–Kier alpha value is -1.04. The molecule has 3 heteroatoms. The van der Waals surface area contributed by atoms with Crippen LogP contribution in [0.3, 0.4) is 0 Å². The van der Waals surface area contributed by atoms with Gasteiger partial charge in [-0.25, -0.2) is 0 Å². The summed E-state index contributed by atoms with van der Waals surface area (Å²) in [4.78, 5) is 12.3. The van der Waals surface area contributed by atoms with Crippen molar-refractivity contribution in [3.63, 3.8) is 0 Å². The van der Waals surface area contributed by atoms with Gasteiger partial charge in [-0.2, -0.15) is 5.26 Å². The van der Waals surface area contributed by atoms with Gasteiger partial charge < -0.3 is 4.74 Å². The third-order valence-electron chi connectivity index (χ3n) is 3.80. The number of hydrogen-bond donors (Lipinski definition) is 0. The highest BCUT2D eigenvalue weighted by Gasteiger charge is 2.49. The molecule has 0 bridgehead atoms. The van der Waals surface area contributed by atoms with Gasteiger partial charge >= 0.3 is 5.97 Å². The minimum absolute atomic E-state index is 0.0353. The van der Waals surface area contributed by atoms with E-state index in [1.807, 2.05) is 13.8 Å². The van der Waals surface area contributed by atoms with Crippen LogP contribution in [0.2, 0.25) is 0 Å². The molecule has 3 nitrogen and oxygen atoms in total. The summed E-state index contributed by atoms with van der Waals surface area (Å²) in [7, 11) is 0. The van der Waals surface area contributed by atoms with Crippen LogP contribution in [-0.4, -0.2) is 12.6 Å². The topological polar surface area (TPSA) is 50.1 Å². The highest BCUT2D eigenvalue weighted by atomic mass is 16.5. The Balaban J connectivity index is 5.33. The maximum Gasteiger partial charge on any atom is 0.327 e. The minimum Gasteiger partial charge on any atom is -0.465 e. The highest BCUT2D eigenvalue weighted by Crippen LogP contribution is 2.41. The van der Waals surface area contributed by atoms with E-state index < -0.39 is 5.41 Å². The SMILES string of the molecule is CCCC(C)C(C#N)(C(=O)OCC)C(C)CCC. The van der Waals surface area contributed by atoms with Crippen LogP contribution in [0.1, 0.15) is 60.3 Å². The molecule has 0 aromatic rings. The number of carbonyl (C=O) groups is 1. The summed E-state index contributed by atoms with van der Waals surface area (Å²) in [6.07, 6.45) is 3.70. The van der Waals surface area contributed by atoms with E-state index in [0.29, 0.717) is 6.61 Å². The molecular weight excluding hydrogens is 226 g/mol. The summed E-state index contributed by atoms with van der Waals surface area (Å²) in [5.74, 6) is -0.268. The normalized spacial score (nSPS) is 17.3. The second-order valence-electron chi connectivity index (χ2n) is 5.08. The smallest absolute Gasteiger partial charge is 0.327 e. The number of nitrogens with zero attached hydrogens (tertiary/aromatic N) is 1. The first-order valence-electron chi connectivity index (χ1n) is 7.09. The van der Waals surface area contributed by atoms with Crippen LogP contribution in [0.25, 0.3) is 0 Å². The lowest BCUT2D eigenvalue weighted by Crippen LogP contribution is -2.43. The molecule has 104 valence electrons. The molecule has 2 unspecified atom stereocenters. The summed E-state index contributed by atoms with van der Waals surface area (Å²) >= 11 is 0. The van der Waals surface area contributed by atoms with Gasteiger partial charge in [-0.1, -0.05) is 40.5 Å². The maximum absolute atomic E-state index is 12.3. The van der Waals surface area contributed by atoms with Crippen LogP contribution in [0.5, 0.6) is 0 Å². The molecule has 0 saturated carbocycles. The van der Waals surface area contributed by atoms with Crippen LogP contribution in [-0.2, 0) is 9.53 Å². The zero-order valence-corrected chi connectivity index (χ0v) is 12.5. The van der Waals surface area contributed by atoms with Gasteiger partial charge in [-0.15, -0.1) is 0 Å². The summed E-state index contributed by atoms with van der Waals surface area (Å²) in [6.45, 7) is 10.3. The molecule has 0 heterocycles. The molecule has 2 atom stereocenters. The van der Waals surface area contributed by atoms with E-state index in [9.17, 15) is 10.1 Å². The van der Waals surface area contributed by atoms with Crippen LogP contribution in [0.15, 0.2) is 0 Å². The van der Waals surface area contributed by atoms with Crippen molar-refractivity contribution in [1.29, 1.82) is 5.26 Å². The van der Waals surface area contributed by atoms with Crippen LogP contribution in [0.4, 0.5) is 0 Å². The van der Waals surface area contributed by atoms with E-state index in [1.165, 1.54) is 0 Å². The Morgan fingerprint density at radius 3 is 1.89 bits per heavy atom. The third-order valence-corrected chi connectivity index (χ3v) is 3.80. The van der Waals surface area contributed by atoms with Gasteiger partial charge in [0, 0.05) is 0 Å². The molecule has 0 rings (SSSR count). The van der Waals surface area contributed by atoms with Crippen molar-refractivity contribution in [1.82, 2.24) is 0 Å². The Bertz CT molecular complexity index is 281. The zero-order valence-electron chi connectivity index (χ0n) is 12.5. The van der Waals surface area contributed by atoms with Crippen molar-refractivity contribution < 1.29 is 9.53 Å². The molecule has 0 radical (unpaired) electrons. The van der Waals surface area contributed by atoms with Crippen molar-refractivity contribution in [2.75, 3.05) is 6.61 Å². The zero-order chi connectivity index (χ0) is 14.2. The molecule has 0 spiro atoms. The standard InChI is InChI=1S/C15H27NO2/c1-6-9-12(4)15(11-16,13(5)10-7-2)14(17)18-8-3/h12-13H,6-10H2,1-5H3. The molecule has 0 aliphatic rings. The average molecular weight is 253 g/mol. The van der Waals surface area contributed by atoms with E-state index in [1.54, 1.807) is 6.92 Å². The predicted octanol–water partition coefficient (Wildman–Crippen LogP) is 3.93. The molecule has 18 heavy (non-hydrogen) atoms. The predicted molar refractivity (Wildman–Crippen MR) is 72.8 cm³/mol. The van der Waals surface area contributed by atoms with Gasteiger partial charge in [0.25, 0.3) is 0 Å². The second kappa shape index (κ2) is 8.13. The molecule has 0 saturated heterocycles. The summed E-state index contributed by atoms with van der Waals surface area (Å²) in [5.41, 5.74) is -0.984. The Labute approximate surface area is 112 Å². The van der Waals surface area contributed by atoms with Gasteiger partial charge in [0.1, 0.15) is 0 Å². The molecule has 0 aliphatic carbocycles. The summed E-state index contributed by atoms with van der Waals surface area (Å²) in [5, 5.41) is 9.62. The van der Waals surface area contributed by atoms with E-state index in [2.05, 4.69) is 19.9 Å². The molecule has 0 aromatic carbocycles. The van der Waals surface area contributed by atoms with Gasteiger partial charge in [-0.05, 0) is 31.6 Å². The molecule has 0 N–H and O–H groups in total. The molecule has 0 aromatic heterocycles. The monoisotopic (exact) mass is 253 g/mol. The second-order valence-corrected chi connectivity index (χ2v) is 5.08. The van der Waals surface area contributed by atoms with E-state index in [4.69, 9.17) is 4.74 Å². The first-order valence-corrected chi connectivity index (χ1v) is 7.09. The Morgan fingerprint density at radius 1 is 1.17 bits per heavy atom.